The predicted molar refractivity (Wildman–Crippen MR) is 74.4 cm³/mol. The zero-order valence-electron chi connectivity index (χ0n) is 9.37. The largest absolute Gasteiger partial charge is 0.347 e. The van der Waals surface area contributed by atoms with Crippen LogP contribution >= 0.6 is 27.3 Å². The molecule has 2 nitrogen and oxygen atoms in total. The molecule has 0 saturated heterocycles. The number of carbonyl (C=O) groups excluding carboxylic acids is 1. The fraction of sp³-hybridized carbons (Fsp3) is 0.154. The average molecular weight is 310 g/mol. The topological polar surface area (TPSA) is 29.1 Å². The van der Waals surface area contributed by atoms with Crippen molar-refractivity contribution in [3.8, 4) is 0 Å². The van der Waals surface area contributed by atoms with Crippen molar-refractivity contribution in [1.82, 2.24) is 5.32 Å². The van der Waals surface area contributed by atoms with Crippen LogP contribution in [0, 0.1) is 6.92 Å². The minimum absolute atomic E-state index is 0.0328. The minimum Gasteiger partial charge on any atom is -0.347 e. The first kappa shape index (κ1) is 12.3. The summed E-state index contributed by atoms with van der Waals surface area (Å²) in [6.07, 6.45) is 0. The van der Waals surface area contributed by atoms with Crippen LogP contribution in [0.15, 0.2) is 40.2 Å². The summed E-state index contributed by atoms with van der Waals surface area (Å²) in [6.45, 7) is 2.58. The van der Waals surface area contributed by atoms with Crippen LogP contribution in [0.3, 0.4) is 0 Å². The van der Waals surface area contributed by atoms with Gasteiger partial charge in [0.1, 0.15) is 0 Å². The molecule has 88 valence electrons. The van der Waals surface area contributed by atoms with Gasteiger partial charge in [0.25, 0.3) is 5.91 Å². The number of hydrogen-bond donors (Lipinski definition) is 1. The lowest BCUT2D eigenvalue weighted by Gasteiger charge is -2.03. The Bertz CT molecular complexity index is 518. The Labute approximate surface area is 113 Å². The maximum Gasteiger partial charge on any atom is 0.251 e. The quantitative estimate of drug-likeness (QED) is 0.919. The van der Waals surface area contributed by atoms with Crippen LogP contribution in [0.2, 0.25) is 0 Å². The molecule has 0 saturated carbocycles. The number of thiophene rings is 1. The smallest absolute Gasteiger partial charge is 0.251 e. The molecular formula is C13H12BrNOS. The zero-order valence-corrected chi connectivity index (χ0v) is 11.8. The van der Waals surface area contributed by atoms with E-state index < -0.39 is 0 Å². The number of hydrogen-bond acceptors (Lipinski definition) is 2. The fourth-order valence-corrected chi connectivity index (χ4v) is 2.84. The predicted octanol–water partition coefficient (Wildman–Crippen LogP) is 3.75. The Balaban J connectivity index is 1.95. The van der Waals surface area contributed by atoms with Crippen LogP contribution < -0.4 is 5.32 Å². The van der Waals surface area contributed by atoms with Crippen LogP contribution in [0.1, 0.15) is 20.8 Å². The van der Waals surface area contributed by atoms with Crippen molar-refractivity contribution >= 4 is 33.2 Å². The van der Waals surface area contributed by atoms with Gasteiger partial charge in [0.05, 0.1) is 10.3 Å². The number of aryl methyl sites for hydroxylation is 1. The van der Waals surface area contributed by atoms with E-state index in [-0.39, 0.29) is 5.91 Å². The number of benzene rings is 1. The van der Waals surface area contributed by atoms with Gasteiger partial charge in [0.2, 0.25) is 0 Å². The van der Waals surface area contributed by atoms with E-state index in [1.165, 1.54) is 0 Å². The number of nitrogens with one attached hydrogen (secondary N) is 1. The summed E-state index contributed by atoms with van der Waals surface area (Å²) in [5, 5.41) is 2.90. The van der Waals surface area contributed by atoms with E-state index in [1.54, 1.807) is 11.3 Å². The number of rotatable bonds is 3. The molecule has 1 amide bonds. The molecule has 1 N–H and O–H groups in total. The highest BCUT2D eigenvalue weighted by Gasteiger charge is 2.05. The zero-order chi connectivity index (χ0) is 12.3. The van der Waals surface area contributed by atoms with Crippen molar-refractivity contribution in [3.63, 3.8) is 0 Å². The second-order valence-corrected chi connectivity index (χ2v) is 6.30. The second kappa shape index (κ2) is 5.47. The molecule has 0 atom stereocenters. The standard InChI is InChI=1S/C13H12BrNOS/c1-9-2-4-10(5-3-9)13(16)15-8-11-6-7-12(14)17-11/h2-7H,8H2,1H3,(H,15,16). The molecule has 2 rings (SSSR count). The summed E-state index contributed by atoms with van der Waals surface area (Å²) in [5.74, 6) is -0.0328. The molecule has 4 heteroatoms. The maximum atomic E-state index is 11.8. The SMILES string of the molecule is Cc1ccc(C(=O)NCc2ccc(Br)s2)cc1. The molecule has 0 aliphatic carbocycles. The van der Waals surface area contributed by atoms with E-state index in [4.69, 9.17) is 0 Å². The third kappa shape index (κ3) is 3.41. The first-order valence-corrected chi connectivity index (χ1v) is 6.85. The van der Waals surface area contributed by atoms with Crippen molar-refractivity contribution in [3.05, 3.63) is 56.2 Å². The molecule has 1 aromatic heterocycles. The van der Waals surface area contributed by atoms with E-state index in [0.29, 0.717) is 12.1 Å². The molecule has 17 heavy (non-hydrogen) atoms. The summed E-state index contributed by atoms with van der Waals surface area (Å²) in [6, 6.07) is 11.6. The van der Waals surface area contributed by atoms with E-state index in [0.717, 1.165) is 14.2 Å². The molecule has 0 bridgehead atoms. The van der Waals surface area contributed by atoms with Crippen LogP contribution in [0.4, 0.5) is 0 Å². The molecule has 1 aromatic carbocycles. The summed E-state index contributed by atoms with van der Waals surface area (Å²) in [4.78, 5) is 13.0. The van der Waals surface area contributed by atoms with Crippen molar-refractivity contribution < 1.29 is 4.79 Å². The summed E-state index contributed by atoms with van der Waals surface area (Å²) in [5.41, 5.74) is 1.86. The maximum absolute atomic E-state index is 11.8. The summed E-state index contributed by atoms with van der Waals surface area (Å²) >= 11 is 5.03. The Morgan fingerprint density at radius 3 is 2.53 bits per heavy atom. The highest BCUT2D eigenvalue weighted by atomic mass is 79.9. The van der Waals surface area contributed by atoms with Gasteiger partial charge >= 0.3 is 0 Å². The van der Waals surface area contributed by atoms with Gasteiger partial charge in [-0.25, -0.2) is 0 Å². The molecule has 0 aliphatic rings. The molecule has 1 heterocycles. The van der Waals surface area contributed by atoms with Gasteiger partial charge in [-0.15, -0.1) is 11.3 Å². The van der Waals surface area contributed by atoms with E-state index in [1.807, 2.05) is 43.3 Å². The Hall–Kier alpha value is -1.13. The van der Waals surface area contributed by atoms with E-state index >= 15 is 0 Å². The summed E-state index contributed by atoms with van der Waals surface area (Å²) < 4.78 is 1.08. The van der Waals surface area contributed by atoms with E-state index in [9.17, 15) is 4.79 Å². The van der Waals surface area contributed by atoms with Crippen LogP contribution in [-0.2, 0) is 6.54 Å². The Morgan fingerprint density at radius 1 is 1.24 bits per heavy atom. The van der Waals surface area contributed by atoms with Gasteiger partial charge in [-0.3, -0.25) is 4.79 Å². The van der Waals surface area contributed by atoms with Gasteiger partial charge in [0, 0.05) is 10.4 Å². The van der Waals surface area contributed by atoms with Crippen molar-refractivity contribution in [2.45, 2.75) is 13.5 Å². The van der Waals surface area contributed by atoms with Crippen LogP contribution in [0.5, 0.6) is 0 Å². The molecule has 0 unspecified atom stereocenters. The molecular weight excluding hydrogens is 298 g/mol. The number of carbonyl (C=O) groups is 1. The summed E-state index contributed by atoms with van der Waals surface area (Å²) in [7, 11) is 0. The first-order valence-electron chi connectivity index (χ1n) is 5.24. The lowest BCUT2D eigenvalue weighted by atomic mass is 10.1. The van der Waals surface area contributed by atoms with Crippen LogP contribution in [-0.4, -0.2) is 5.91 Å². The van der Waals surface area contributed by atoms with Crippen molar-refractivity contribution in [2.24, 2.45) is 0 Å². The van der Waals surface area contributed by atoms with Crippen LogP contribution in [0.25, 0.3) is 0 Å². The molecule has 0 fully saturated rings. The van der Waals surface area contributed by atoms with Gasteiger partial charge in [-0.2, -0.15) is 0 Å². The van der Waals surface area contributed by atoms with Gasteiger partial charge in [-0.1, -0.05) is 17.7 Å². The van der Waals surface area contributed by atoms with Gasteiger partial charge < -0.3 is 5.32 Å². The monoisotopic (exact) mass is 309 g/mol. The first-order chi connectivity index (χ1) is 8.15. The Kier molecular flexibility index (Phi) is 3.97. The third-order valence-electron chi connectivity index (χ3n) is 2.37. The van der Waals surface area contributed by atoms with Gasteiger partial charge in [-0.05, 0) is 47.1 Å². The van der Waals surface area contributed by atoms with Crippen molar-refractivity contribution in [1.29, 1.82) is 0 Å². The van der Waals surface area contributed by atoms with Crippen molar-refractivity contribution in [2.75, 3.05) is 0 Å². The number of halogens is 1. The van der Waals surface area contributed by atoms with E-state index in [2.05, 4.69) is 21.2 Å². The molecule has 0 spiro atoms. The normalized spacial score (nSPS) is 10.2. The lowest BCUT2D eigenvalue weighted by molar-refractivity contribution is 0.0951. The highest BCUT2D eigenvalue weighted by molar-refractivity contribution is 9.11. The second-order valence-electron chi connectivity index (χ2n) is 3.75. The minimum atomic E-state index is -0.0328. The lowest BCUT2D eigenvalue weighted by Crippen LogP contribution is -2.22. The number of amides is 1. The molecule has 2 aromatic rings. The fourth-order valence-electron chi connectivity index (χ4n) is 1.42. The molecule has 0 aliphatic heterocycles. The van der Waals surface area contributed by atoms with Gasteiger partial charge in [0.15, 0.2) is 0 Å². The highest BCUT2D eigenvalue weighted by Crippen LogP contribution is 2.21. The third-order valence-corrected chi connectivity index (χ3v) is 3.99. The average Bonchev–Trinajstić information content (AvgIpc) is 2.73. The molecule has 0 radical (unpaired) electrons. The Morgan fingerprint density at radius 2 is 1.94 bits per heavy atom.